The van der Waals surface area contributed by atoms with Gasteiger partial charge in [-0.3, -0.25) is 4.79 Å². The van der Waals surface area contributed by atoms with Gasteiger partial charge in [0.2, 0.25) is 0 Å². The normalized spacial score (nSPS) is 42.9. The Kier molecular flexibility index (Phi) is 2.49. The van der Waals surface area contributed by atoms with Gasteiger partial charge in [0, 0.05) is 25.4 Å². The van der Waals surface area contributed by atoms with Crippen molar-refractivity contribution in [3.05, 3.63) is 0 Å². The minimum Gasteiger partial charge on any atom is -0.459 e. The molecule has 17 heavy (non-hydrogen) atoms. The molecule has 4 nitrogen and oxygen atoms in total. The molecule has 96 valence electrons. The van der Waals surface area contributed by atoms with Crippen molar-refractivity contribution in [2.45, 2.75) is 44.8 Å². The van der Waals surface area contributed by atoms with Gasteiger partial charge in [-0.1, -0.05) is 6.92 Å². The molecule has 0 aromatic carbocycles. The molecule has 3 atom stereocenters. The Morgan fingerprint density at radius 1 is 1.35 bits per heavy atom. The molecule has 0 aromatic rings. The molecule has 1 saturated carbocycles. The summed E-state index contributed by atoms with van der Waals surface area (Å²) in [6, 6.07) is 0.357. The molecule has 4 fully saturated rings. The Balaban J connectivity index is 1.64. The fraction of sp³-hybridized carbons (Fsp3) is 0.923. The highest BCUT2D eigenvalue weighted by molar-refractivity contribution is 5.77. The molecule has 0 amide bonds. The number of nitrogens with one attached hydrogen (secondary N) is 1. The van der Waals surface area contributed by atoms with Crippen LogP contribution in [0.3, 0.4) is 0 Å². The first-order valence-corrected chi connectivity index (χ1v) is 6.57. The summed E-state index contributed by atoms with van der Waals surface area (Å²) in [6.07, 6.45) is 2.76. The van der Waals surface area contributed by atoms with E-state index in [-0.39, 0.29) is 22.9 Å². The van der Waals surface area contributed by atoms with Crippen molar-refractivity contribution < 1.29 is 14.3 Å². The van der Waals surface area contributed by atoms with E-state index in [1.807, 2.05) is 6.92 Å². The first kappa shape index (κ1) is 11.5. The highest BCUT2D eigenvalue weighted by atomic mass is 16.6. The lowest BCUT2D eigenvalue weighted by atomic mass is 9.62. The summed E-state index contributed by atoms with van der Waals surface area (Å²) >= 11 is 0. The van der Waals surface area contributed by atoms with Gasteiger partial charge in [0.25, 0.3) is 0 Å². The lowest BCUT2D eigenvalue weighted by Gasteiger charge is -2.44. The average Bonchev–Trinajstić information content (AvgIpc) is 2.75. The third-order valence-electron chi connectivity index (χ3n) is 4.76. The minimum atomic E-state index is -0.305. The van der Waals surface area contributed by atoms with Crippen LogP contribution in [-0.4, -0.2) is 37.4 Å². The molecular formula is C13H21NO3. The van der Waals surface area contributed by atoms with Crippen LogP contribution in [0.25, 0.3) is 0 Å². The third-order valence-corrected chi connectivity index (χ3v) is 4.76. The second-order valence-corrected chi connectivity index (χ2v) is 6.31. The third kappa shape index (κ3) is 1.78. The fourth-order valence-corrected chi connectivity index (χ4v) is 3.47. The number of fused-ring (bicyclic) bond motifs is 1. The number of esters is 1. The fourth-order valence-electron chi connectivity index (χ4n) is 3.47. The van der Waals surface area contributed by atoms with Gasteiger partial charge in [0.15, 0.2) is 0 Å². The van der Waals surface area contributed by atoms with Crippen LogP contribution < -0.4 is 5.32 Å². The summed E-state index contributed by atoms with van der Waals surface area (Å²) in [5.74, 6) is 0.0697. The van der Waals surface area contributed by atoms with Crippen molar-refractivity contribution in [3.63, 3.8) is 0 Å². The maximum atomic E-state index is 12.3. The molecule has 4 rings (SSSR count). The summed E-state index contributed by atoms with van der Waals surface area (Å²) in [6.45, 7) is 6.57. The predicted octanol–water partition coefficient (Wildman–Crippen LogP) is 1.10. The van der Waals surface area contributed by atoms with Crippen LogP contribution in [0.4, 0.5) is 0 Å². The number of rotatable bonds is 2. The number of carbonyl (C=O) groups is 1. The SMILES string of the molecule is CC1(OC(=O)C2C3CC2(C)CN3)CCOCC1. The van der Waals surface area contributed by atoms with Crippen LogP contribution in [0, 0.1) is 11.3 Å². The van der Waals surface area contributed by atoms with Gasteiger partial charge in [0.05, 0.1) is 19.1 Å². The highest BCUT2D eigenvalue weighted by Crippen LogP contribution is 2.52. The van der Waals surface area contributed by atoms with E-state index in [0.29, 0.717) is 19.3 Å². The topological polar surface area (TPSA) is 47.6 Å². The molecule has 0 radical (unpaired) electrons. The van der Waals surface area contributed by atoms with Crippen molar-refractivity contribution >= 4 is 5.97 Å². The Morgan fingerprint density at radius 2 is 2.06 bits per heavy atom. The van der Waals surface area contributed by atoms with Crippen LogP contribution in [0.15, 0.2) is 0 Å². The minimum absolute atomic E-state index is 0.00171. The number of hydrogen-bond donors (Lipinski definition) is 1. The van der Waals surface area contributed by atoms with Gasteiger partial charge in [-0.05, 0) is 18.8 Å². The molecule has 3 aliphatic heterocycles. The van der Waals surface area contributed by atoms with Crippen molar-refractivity contribution in [2.24, 2.45) is 11.3 Å². The second kappa shape index (κ2) is 3.69. The molecule has 4 aliphatic rings. The molecule has 1 N–H and O–H groups in total. The van der Waals surface area contributed by atoms with E-state index in [0.717, 1.165) is 25.8 Å². The van der Waals surface area contributed by atoms with Crippen LogP contribution in [0.5, 0.6) is 0 Å². The number of hydrogen-bond acceptors (Lipinski definition) is 4. The quantitative estimate of drug-likeness (QED) is 0.733. The molecule has 0 spiro atoms. The van der Waals surface area contributed by atoms with Gasteiger partial charge in [-0.25, -0.2) is 0 Å². The maximum absolute atomic E-state index is 12.3. The molecule has 0 aromatic heterocycles. The van der Waals surface area contributed by atoms with Crippen LogP contribution in [0.1, 0.15) is 33.1 Å². The summed E-state index contributed by atoms with van der Waals surface area (Å²) in [5, 5.41) is 3.39. The van der Waals surface area contributed by atoms with Gasteiger partial charge >= 0.3 is 5.97 Å². The zero-order valence-corrected chi connectivity index (χ0v) is 10.6. The van der Waals surface area contributed by atoms with Crippen molar-refractivity contribution in [3.8, 4) is 0 Å². The number of carbonyl (C=O) groups excluding carboxylic acids is 1. The lowest BCUT2D eigenvalue weighted by Crippen LogP contribution is -2.52. The van der Waals surface area contributed by atoms with Crippen LogP contribution in [-0.2, 0) is 14.3 Å². The molecule has 2 bridgehead atoms. The Hall–Kier alpha value is -0.610. The Morgan fingerprint density at radius 3 is 2.59 bits per heavy atom. The van der Waals surface area contributed by atoms with E-state index in [4.69, 9.17) is 9.47 Å². The van der Waals surface area contributed by atoms with Crippen molar-refractivity contribution in [1.82, 2.24) is 5.32 Å². The lowest BCUT2D eigenvalue weighted by molar-refractivity contribution is -0.180. The Bertz CT molecular complexity index is 334. The van der Waals surface area contributed by atoms with Gasteiger partial charge in [0.1, 0.15) is 5.60 Å². The standard InChI is InChI=1S/C13H21NO3/c1-12-7-9(14-8-12)10(12)11(15)17-13(2)3-5-16-6-4-13/h9-10,14H,3-8H2,1-2H3. The molecule has 3 heterocycles. The highest BCUT2D eigenvalue weighted by Gasteiger charge is 2.60. The monoisotopic (exact) mass is 239 g/mol. The first-order valence-electron chi connectivity index (χ1n) is 6.57. The Labute approximate surface area is 102 Å². The van der Waals surface area contributed by atoms with Gasteiger partial charge in [-0.2, -0.15) is 0 Å². The molecule has 4 heteroatoms. The predicted molar refractivity (Wildman–Crippen MR) is 62.6 cm³/mol. The van der Waals surface area contributed by atoms with E-state index in [1.165, 1.54) is 0 Å². The smallest absolute Gasteiger partial charge is 0.311 e. The molecule has 3 unspecified atom stereocenters. The van der Waals surface area contributed by atoms with Gasteiger partial charge in [-0.15, -0.1) is 0 Å². The zero-order chi connectivity index (χ0) is 12.1. The first-order chi connectivity index (χ1) is 8.03. The molecule has 3 saturated heterocycles. The van der Waals surface area contributed by atoms with E-state index in [2.05, 4.69) is 12.2 Å². The van der Waals surface area contributed by atoms with Crippen LogP contribution in [0.2, 0.25) is 0 Å². The van der Waals surface area contributed by atoms with Crippen molar-refractivity contribution in [1.29, 1.82) is 0 Å². The summed E-state index contributed by atoms with van der Waals surface area (Å²) in [5.41, 5.74) is -0.163. The van der Waals surface area contributed by atoms with E-state index in [9.17, 15) is 4.79 Å². The maximum Gasteiger partial charge on any atom is 0.311 e. The summed E-state index contributed by atoms with van der Waals surface area (Å²) in [7, 11) is 0. The van der Waals surface area contributed by atoms with Crippen molar-refractivity contribution in [2.75, 3.05) is 19.8 Å². The zero-order valence-electron chi connectivity index (χ0n) is 10.6. The average molecular weight is 239 g/mol. The van der Waals surface area contributed by atoms with Crippen LogP contribution >= 0.6 is 0 Å². The summed E-state index contributed by atoms with van der Waals surface area (Å²) < 4.78 is 11.1. The largest absolute Gasteiger partial charge is 0.459 e. The molecular weight excluding hydrogens is 218 g/mol. The van der Waals surface area contributed by atoms with Gasteiger partial charge < -0.3 is 14.8 Å². The summed E-state index contributed by atoms with van der Waals surface area (Å²) in [4.78, 5) is 12.3. The van der Waals surface area contributed by atoms with E-state index in [1.54, 1.807) is 0 Å². The second-order valence-electron chi connectivity index (χ2n) is 6.31. The molecule has 1 aliphatic carbocycles. The number of ether oxygens (including phenoxy) is 2. The van der Waals surface area contributed by atoms with E-state index < -0.39 is 0 Å². The van der Waals surface area contributed by atoms with E-state index >= 15 is 0 Å².